The van der Waals surface area contributed by atoms with E-state index >= 15 is 0 Å². The van der Waals surface area contributed by atoms with Gasteiger partial charge in [0, 0.05) is 27.7 Å². The van der Waals surface area contributed by atoms with Gasteiger partial charge in [0.2, 0.25) is 0 Å². The molecular weight excluding hydrogens is 293 g/mol. The van der Waals surface area contributed by atoms with Gasteiger partial charge in [0.15, 0.2) is 0 Å². The summed E-state index contributed by atoms with van der Waals surface area (Å²) >= 11 is 0. The molecule has 0 amide bonds. The van der Waals surface area contributed by atoms with Crippen LogP contribution in [0.4, 0.5) is 0 Å². The third-order valence-electron chi connectivity index (χ3n) is 0. The van der Waals surface area contributed by atoms with E-state index in [0.29, 0.717) is 0 Å². The van der Waals surface area contributed by atoms with Crippen molar-refractivity contribution < 1.29 is 39.6 Å². The Kier molecular flexibility index (Phi) is 81.8. The van der Waals surface area contributed by atoms with Crippen molar-refractivity contribution in [2.45, 2.75) is 27.7 Å². The van der Waals surface area contributed by atoms with E-state index in [0.717, 1.165) is 27.7 Å². The van der Waals surface area contributed by atoms with Crippen LogP contribution in [0.3, 0.4) is 0 Å². The van der Waals surface area contributed by atoms with E-state index in [9.17, 15) is 0 Å². The Labute approximate surface area is 177 Å². The van der Waals surface area contributed by atoms with E-state index in [-0.39, 0.29) is 88.7 Å². The fourth-order valence-electron chi connectivity index (χ4n) is 0. The second kappa shape index (κ2) is 36.4. The summed E-state index contributed by atoms with van der Waals surface area (Å²) in [6, 6.07) is 0. The maximum atomic E-state index is 9.00. The van der Waals surface area contributed by atoms with Gasteiger partial charge in [-0.2, -0.15) is 0 Å². The van der Waals surface area contributed by atoms with E-state index in [1.807, 2.05) is 0 Å². The molecule has 102 valence electrons. The van der Waals surface area contributed by atoms with Crippen LogP contribution in [0, 0.1) is 0 Å². The monoisotopic (exact) mass is 312 g/mol. The molecule has 0 saturated heterocycles. The van der Waals surface area contributed by atoms with E-state index in [2.05, 4.69) is 0 Å². The molecule has 0 rings (SSSR count). The number of hydrogen-bond acceptors (Lipinski definition) is 4. The first kappa shape index (κ1) is 42.7. The van der Waals surface area contributed by atoms with Crippen LogP contribution in [0.2, 0.25) is 0 Å². The SMILES string of the molecule is CC(=O)O.CC(=O)O.CC(=O)O.CC(=O)O.[NaH].[NaH].[NaH]. The topological polar surface area (TPSA) is 149 Å². The first-order chi connectivity index (χ1) is 6.93. The van der Waals surface area contributed by atoms with Gasteiger partial charge in [-0.05, 0) is 0 Å². The van der Waals surface area contributed by atoms with Crippen LogP contribution < -0.4 is 0 Å². The Morgan fingerprint density at radius 2 is 0.474 bits per heavy atom. The van der Waals surface area contributed by atoms with Crippen molar-refractivity contribution in [2.75, 3.05) is 0 Å². The van der Waals surface area contributed by atoms with Crippen LogP contribution in [-0.4, -0.2) is 133 Å². The average molecular weight is 312 g/mol. The minimum absolute atomic E-state index is 0. The molecule has 0 radical (unpaired) electrons. The molecule has 0 unspecified atom stereocenters. The van der Waals surface area contributed by atoms with Gasteiger partial charge in [0.1, 0.15) is 0 Å². The normalized spacial score (nSPS) is 5.26. The summed E-state index contributed by atoms with van der Waals surface area (Å²) in [5.41, 5.74) is 0. The molecule has 4 N–H and O–H groups in total. The molecule has 0 bridgehead atoms. The standard InChI is InChI=1S/4C2H4O2.3Na.3H/c4*1-2(3)4;;;;;;/h4*1H3,(H,3,4);;;;;;. The van der Waals surface area contributed by atoms with Gasteiger partial charge in [0.25, 0.3) is 23.9 Å². The van der Waals surface area contributed by atoms with Crippen LogP contribution in [0.5, 0.6) is 0 Å². The van der Waals surface area contributed by atoms with Crippen LogP contribution >= 0.6 is 0 Å². The second-order valence-corrected chi connectivity index (χ2v) is 2.08. The van der Waals surface area contributed by atoms with Gasteiger partial charge in [-0.3, -0.25) is 19.2 Å². The van der Waals surface area contributed by atoms with Gasteiger partial charge in [0.05, 0.1) is 0 Å². The predicted molar refractivity (Wildman–Crippen MR) is 74.7 cm³/mol. The molecular formula is C8H19Na3O8. The van der Waals surface area contributed by atoms with Crippen LogP contribution in [-0.2, 0) is 19.2 Å². The van der Waals surface area contributed by atoms with Gasteiger partial charge < -0.3 is 20.4 Å². The molecule has 0 heterocycles. The zero-order valence-electron chi connectivity index (χ0n) is 9.42. The van der Waals surface area contributed by atoms with Crippen molar-refractivity contribution in [3.05, 3.63) is 0 Å². The number of aliphatic carboxylic acids is 4. The first-order valence-electron chi connectivity index (χ1n) is 3.71. The van der Waals surface area contributed by atoms with Gasteiger partial charge >= 0.3 is 88.7 Å². The molecule has 0 aliphatic rings. The predicted octanol–water partition coefficient (Wildman–Crippen LogP) is -1.58. The zero-order valence-corrected chi connectivity index (χ0v) is 9.42. The Morgan fingerprint density at radius 3 is 0.474 bits per heavy atom. The zero-order chi connectivity index (χ0) is 14.3. The molecule has 19 heavy (non-hydrogen) atoms. The number of hydrogen-bond donors (Lipinski definition) is 4. The molecule has 0 aromatic rings. The van der Waals surface area contributed by atoms with Crippen molar-refractivity contribution in [1.82, 2.24) is 0 Å². The summed E-state index contributed by atoms with van der Waals surface area (Å²) in [5, 5.41) is 29.7. The van der Waals surface area contributed by atoms with Crippen LogP contribution in [0.25, 0.3) is 0 Å². The maximum absolute atomic E-state index is 9.00. The summed E-state index contributed by atoms with van der Waals surface area (Å²) in [7, 11) is 0. The van der Waals surface area contributed by atoms with Crippen molar-refractivity contribution in [3.8, 4) is 0 Å². The van der Waals surface area contributed by atoms with Gasteiger partial charge in [-0.15, -0.1) is 0 Å². The first-order valence-corrected chi connectivity index (χ1v) is 3.71. The van der Waals surface area contributed by atoms with Crippen molar-refractivity contribution in [2.24, 2.45) is 0 Å². The molecule has 0 aromatic heterocycles. The Hall–Kier alpha value is 0.880. The fourth-order valence-corrected chi connectivity index (χ4v) is 0. The van der Waals surface area contributed by atoms with Crippen molar-refractivity contribution in [3.63, 3.8) is 0 Å². The summed E-state index contributed by atoms with van der Waals surface area (Å²) in [6.07, 6.45) is 0. The Balaban J connectivity index is -0.0000000192. The summed E-state index contributed by atoms with van der Waals surface area (Å²) < 4.78 is 0. The third-order valence-corrected chi connectivity index (χ3v) is 0. The third kappa shape index (κ3) is 6950. The van der Waals surface area contributed by atoms with E-state index in [1.165, 1.54) is 0 Å². The minimum atomic E-state index is -0.833. The average Bonchev–Trinajstić information content (AvgIpc) is 1.76. The summed E-state index contributed by atoms with van der Waals surface area (Å²) in [5.74, 6) is -3.33. The van der Waals surface area contributed by atoms with E-state index < -0.39 is 23.9 Å². The molecule has 0 saturated carbocycles. The quantitative estimate of drug-likeness (QED) is 0.391. The van der Waals surface area contributed by atoms with Gasteiger partial charge in [-0.1, -0.05) is 0 Å². The molecule has 0 fully saturated rings. The Morgan fingerprint density at radius 1 is 0.474 bits per heavy atom. The van der Waals surface area contributed by atoms with E-state index in [1.54, 1.807) is 0 Å². The number of carboxylic acid groups (broad SMARTS) is 4. The molecule has 0 atom stereocenters. The molecule has 0 aromatic carbocycles. The molecule has 11 heteroatoms. The number of carboxylic acids is 4. The van der Waals surface area contributed by atoms with Crippen LogP contribution in [0.1, 0.15) is 27.7 Å². The number of rotatable bonds is 0. The van der Waals surface area contributed by atoms with Crippen molar-refractivity contribution in [1.29, 1.82) is 0 Å². The molecule has 0 aliphatic heterocycles. The second-order valence-electron chi connectivity index (χ2n) is 2.08. The van der Waals surface area contributed by atoms with Crippen molar-refractivity contribution >= 4 is 113 Å². The molecule has 8 nitrogen and oxygen atoms in total. The van der Waals surface area contributed by atoms with Crippen LogP contribution in [0.15, 0.2) is 0 Å². The fraction of sp³-hybridized carbons (Fsp3) is 0.500. The molecule has 0 aliphatic carbocycles. The number of carbonyl (C=O) groups is 4. The summed E-state index contributed by atoms with van der Waals surface area (Å²) in [4.78, 5) is 36.0. The Bertz CT molecular complexity index is 168. The van der Waals surface area contributed by atoms with Gasteiger partial charge in [-0.25, -0.2) is 0 Å². The van der Waals surface area contributed by atoms with E-state index in [4.69, 9.17) is 39.6 Å². The summed E-state index contributed by atoms with van der Waals surface area (Å²) in [6.45, 7) is 4.33. The molecule has 0 spiro atoms.